The molecule has 1 N–H and O–H groups in total. The molecule has 0 saturated heterocycles. The second-order valence-electron chi connectivity index (χ2n) is 3.59. The minimum atomic E-state index is -0.870. The van der Waals surface area contributed by atoms with Gasteiger partial charge >= 0.3 is 0 Å². The first-order valence-corrected chi connectivity index (χ1v) is 5.08. The standard InChI is InChI=1S/C13H8F3NO/c14-9-3-1-8(2-4-9)13(18)17-12-6-5-10(15)7-11(12)16/h1-7H,(H,17,18). The Morgan fingerprint density at radius 1 is 0.889 bits per heavy atom. The summed E-state index contributed by atoms with van der Waals surface area (Å²) in [6, 6.07) is 7.60. The van der Waals surface area contributed by atoms with E-state index >= 15 is 0 Å². The van der Waals surface area contributed by atoms with Crippen LogP contribution >= 0.6 is 0 Å². The zero-order valence-corrected chi connectivity index (χ0v) is 9.08. The summed E-state index contributed by atoms with van der Waals surface area (Å²) in [6.07, 6.45) is 0. The van der Waals surface area contributed by atoms with E-state index in [1.165, 1.54) is 12.1 Å². The molecule has 92 valence electrons. The monoisotopic (exact) mass is 251 g/mol. The molecule has 0 atom stereocenters. The molecule has 0 aliphatic rings. The van der Waals surface area contributed by atoms with Crippen molar-refractivity contribution in [3.63, 3.8) is 0 Å². The van der Waals surface area contributed by atoms with Gasteiger partial charge in [0.1, 0.15) is 17.5 Å². The zero-order chi connectivity index (χ0) is 13.1. The summed E-state index contributed by atoms with van der Waals surface area (Å²) in [7, 11) is 0. The third-order valence-corrected chi connectivity index (χ3v) is 2.29. The number of anilines is 1. The largest absolute Gasteiger partial charge is 0.319 e. The van der Waals surface area contributed by atoms with Gasteiger partial charge in [-0.15, -0.1) is 0 Å². The average Bonchev–Trinajstić information content (AvgIpc) is 2.33. The molecule has 0 saturated carbocycles. The van der Waals surface area contributed by atoms with Crippen LogP contribution in [0.5, 0.6) is 0 Å². The topological polar surface area (TPSA) is 29.1 Å². The molecule has 2 rings (SSSR count). The Kier molecular flexibility index (Phi) is 3.32. The van der Waals surface area contributed by atoms with E-state index in [1.807, 2.05) is 0 Å². The highest BCUT2D eigenvalue weighted by Gasteiger charge is 2.09. The fraction of sp³-hybridized carbons (Fsp3) is 0. The zero-order valence-electron chi connectivity index (χ0n) is 9.08. The van der Waals surface area contributed by atoms with Gasteiger partial charge in [-0.1, -0.05) is 0 Å². The Morgan fingerprint density at radius 2 is 1.50 bits per heavy atom. The summed E-state index contributed by atoms with van der Waals surface area (Å²) in [6.45, 7) is 0. The van der Waals surface area contributed by atoms with Crippen molar-refractivity contribution < 1.29 is 18.0 Å². The fourth-order valence-electron chi connectivity index (χ4n) is 1.39. The van der Waals surface area contributed by atoms with Gasteiger partial charge in [0, 0.05) is 11.6 Å². The van der Waals surface area contributed by atoms with Crippen LogP contribution in [0.1, 0.15) is 10.4 Å². The Bertz CT molecular complexity index is 581. The van der Waals surface area contributed by atoms with Crippen LogP contribution in [0, 0.1) is 17.5 Å². The maximum atomic E-state index is 13.3. The maximum absolute atomic E-state index is 13.3. The number of rotatable bonds is 2. The van der Waals surface area contributed by atoms with Crippen LogP contribution in [0.25, 0.3) is 0 Å². The quantitative estimate of drug-likeness (QED) is 0.871. The molecule has 0 fully saturated rings. The number of halogens is 3. The molecule has 2 nitrogen and oxygen atoms in total. The SMILES string of the molecule is O=C(Nc1ccc(F)cc1F)c1ccc(F)cc1. The first kappa shape index (κ1) is 12.2. The van der Waals surface area contributed by atoms with Crippen molar-refractivity contribution in [3.05, 3.63) is 65.5 Å². The van der Waals surface area contributed by atoms with E-state index in [1.54, 1.807) is 0 Å². The summed E-state index contributed by atoms with van der Waals surface area (Å²) in [5.74, 6) is -2.67. The van der Waals surface area contributed by atoms with Crippen molar-refractivity contribution in [2.24, 2.45) is 0 Å². The predicted octanol–water partition coefficient (Wildman–Crippen LogP) is 3.36. The lowest BCUT2D eigenvalue weighted by atomic mass is 10.2. The highest BCUT2D eigenvalue weighted by Crippen LogP contribution is 2.16. The Balaban J connectivity index is 2.18. The number of nitrogens with one attached hydrogen (secondary N) is 1. The molecule has 0 bridgehead atoms. The fourth-order valence-corrected chi connectivity index (χ4v) is 1.39. The summed E-state index contributed by atoms with van der Waals surface area (Å²) in [4.78, 5) is 11.7. The Labute approximate surface area is 101 Å². The number of hydrogen-bond acceptors (Lipinski definition) is 1. The lowest BCUT2D eigenvalue weighted by Crippen LogP contribution is -2.13. The molecular formula is C13H8F3NO. The Hall–Kier alpha value is -2.30. The molecule has 0 aliphatic carbocycles. The van der Waals surface area contributed by atoms with Crippen LogP contribution in [-0.4, -0.2) is 5.91 Å². The molecule has 5 heteroatoms. The highest BCUT2D eigenvalue weighted by molar-refractivity contribution is 6.04. The second-order valence-corrected chi connectivity index (χ2v) is 3.59. The van der Waals surface area contributed by atoms with E-state index in [0.717, 1.165) is 24.3 Å². The van der Waals surface area contributed by atoms with Gasteiger partial charge in [-0.05, 0) is 36.4 Å². The number of benzene rings is 2. The molecule has 18 heavy (non-hydrogen) atoms. The van der Waals surface area contributed by atoms with E-state index < -0.39 is 23.4 Å². The maximum Gasteiger partial charge on any atom is 0.255 e. The van der Waals surface area contributed by atoms with Crippen LogP contribution in [0.15, 0.2) is 42.5 Å². The van der Waals surface area contributed by atoms with Crippen LogP contribution < -0.4 is 5.32 Å². The van der Waals surface area contributed by atoms with Crippen molar-refractivity contribution in [1.82, 2.24) is 0 Å². The number of amides is 1. The first-order valence-electron chi connectivity index (χ1n) is 5.08. The molecule has 2 aromatic rings. The third-order valence-electron chi connectivity index (χ3n) is 2.29. The van der Waals surface area contributed by atoms with Crippen molar-refractivity contribution >= 4 is 11.6 Å². The van der Waals surface area contributed by atoms with E-state index in [2.05, 4.69) is 5.32 Å². The lowest BCUT2D eigenvalue weighted by molar-refractivity contribution is 0.102. The van der Waals surface area contributed by atoms with Crippen LogP contribution in [0.2, 0.25) is 0 Å². The predicted molar refractivity (Wildman–Crippen MR) is 60.7 cm³/mol. The number of carbonyl (C=O) groups excluding carboxylic acids is 1. The van der Waals surface area contributed by atoms with Gasteiger partial charge in [0.25, 0.3) is 5.91 Å². The molecule has 0 heterocycles. The third kappa shape index (κ3) is 2.68. The molecule has 0 aliphatic heterocycles. The normalized spacial score (nSPS) is 10.2. The van der Waals surface area contributed by atoms with Crippen LogP contribution in [0.4, 0.5) is 18.9 Å². The van der Waals surface area contributed by atoms with E-state index in [0.29, 0.717) is 6.07 Å². The molecule has 0 unspecified atom stereocenters. The average molecular weight is 251 g/mol. The molecule has 1 amide bonds. The Morgan fingerprint density at radius 3 is 2.11 bits per heavy atom. The van der Waals surface area contributed by atoms with Gasteiger partial charge in [-0.2, -0.15) is 0 Å². The molecule has 0 radical (unpaired) electrons. The van der Waals surface area contributed by atoms with E-state index in [4.69, 9.17) is 0 Å². The van der Waals surface area contributed by atoms with Gasteiger partial charge in [-0.25, -0.2) is 13.2 Å². The summed E-state index contributed by atoms with van der Waals surface area (Å²) >= 11 is 0. The first-order chi connectivity index (χ1) is 8.56. The van der Waals surface area contributed by atoms with E-state index in [-0.39, 0.29) is 11.3 Å². The number of carbonyl (C=O) groups is 1. The number of hydrogen-bond donors (Lipinski definition) is 1. The summed E-state index contributed by atoms with van der Waals surface area (Å²) in [5, 5.41) is 2.27. The summed E-state index contributed by atoms with van der Waals surface area (Å²) < 4.78 is 38.6. The van der Waals surface area contributed by atoms with Gasteiger partial charge < -0.3 is 5.32 Å². The highest BCUT2D eigenvalue weighted by atomic mass is 19.1. The minimum absolute atomic E-state index is 0.134. The van der Waals surface area contributed by atoms with Crippen molar-refractivity contribution in [3.8, 4) is 0 Å². The molecule has 2 aromatic carbocycles. The smallest absolute Gasteiger partial charge is 0.255 e. The second kappa shape index (κ2) is 4.91. The molecular weight excluding hydrogens is 243 g/mol. The van der Waals surface area contributed by atoms with Crippen molar-refractivity contribution in [1.29, 1.82) is 0 Å². The minimum Gasteiger partial charge on any atom is -0.319 e. The van der Waals surface area contributed by atoms with Crippen molar-refractivity contribution in [2.75, 3.05) is 5.32 Å². The van der Waals surface area contributed by atoms with Gasteiger partial charge in [0.05, 0.1) is 5.69 Å². The van der Waals surface area contributed by atoms with Gasteiger partial charge in [0.15, 0.2) is 0 Å². The summed E-state index contributed by atoms with van der Waals surface area (Å²) in [5.41, 5.74) is 0.0471. The van der Waals surface area contributed by atoms with Gasteiger partial charge in [0.2, 0.25) is 0 Å². The molecule has 0 spiro atoms. The molecule has 0 aromatic heterocycles. The van der Waals surface area contributed by atoms with Crippen LogP contribution in [0.3, 0.4) is 0 Å². The lowest BCUT2D eigenvalue weighted by Gasteiger charge is -2.06. The van der Waals surface area contributed by atoms with Crippen molar-refractivity contribution in [2.45, 2.75) is 0 Å². The van der Waals surface area contributed by atoms with Crippen LogP contribution in [-0.2, 0) is 0 Å². The van der Waals surface area contributed by atoms with Gasteiger partial charge in [-0.3, -0.25) is 4.79 Å². The van der Waals surface area contributed by atoms with E-state index in [9.17, 15) is 18.0 Å².